The van der Waals surface area contributed by atoms with Crippen LogP contribution >= 0.6 is 0 Å². The van der Waals surface area contributed by atoms with E-state index in [1.54, 1.807) is 6.92 Å². The first-order chi connectivity index (χ1) is 8.54. The van der Waals surface area contributed by atoms with Crippen LogP contribution in [0.4, 0.5) is 0 Å². The van der Waals surface area contributed by atoms with Crippen LogP contribution < -0.4 is 0 Å². The van der Waals surface area contributed by atoms with E-state index in [-0.39, 0.29) is 6.61 Å². The van der Waals surface area contributed by atoms with Crippen molar-refractivity contribution in [3.05, 3.63) is 0 Å². The van der Waals surface area contributed by atoms with Gasteiger partial charge in [0.25, 0.3) is 0 Å². The van der Waals surface area contributed by atoms with E-state index in [1.165, 1.54) is 12.8 Å². The first kappa shape index (κ1) is 16.9. The molecule has 0 bridgehead atoms. The van der Waals surface area contributed by atoms with Gasteiger partial charge in [0.05, 0.1) is 13.2 Å². The molecule has 0 aromatic rings. The van der Waals surface area contributed by atoms with Gasteiger partial charge in [-0.25, -0.2) is 9.59 Å². The summed E-state index contributed by atoms with van der Waals surface area (Å²) in [6.07, 6.45) is 4.30. The van der Waals surface area contributed by atoms with Crippen molar-refractivity contribution in [3.63, 3.8) is 0 Å². The lowest BCUT2D eigenvalue weighted by atomic mass is 9.90. The number of ether oxygens (including phenoxy) is 2. The van der Waals surface area contributed by atoms with Crippen LogP contribution in [-0.4, -0.2) is 25.2 Å². The minimum absolute atomic E-state index is 0.193. The predicted molar refractivity (Wildman–Crippen MR) is 70.1 cm³/mol. The quantitative estimate of drug-likeness (QED) is 0.496. The minimum atomic E-state index is -0.898. The van der Waals surface area contributed by atoms with Crippen molar-refractivity contribution in [1.82, 2.24) is 0 Å². The molecule has 1 atom stereocenters. The van der Waals surface area contributed by atoms with E-state index in [1.807, 2.05) is 0 Å². The summed E-state index contributed by atoms with van der Waals surface area (Å²) in [5.41, 5.74) is 0. The number of esters is 2. The fourth-order valence-corrected chi connectivity index (χ4v) is 1.91. The predicted octanol–water partition coefficient (Wildman–Crippen LogP) is 2.95. The Labute approximate surface area is 110 Å². The van der Waals surface area contributed by atoms with Gasteiger partial charge in [0.2, 0.25) is 0 Å². The molecule has 0 saturated heterocycles. The molecule has 0 radical (unpaired) electrons. The van der Waals surface area contributed by atoms with Crippen molar-refractivity contribution in [3.8, 4) is 0 Å². The van der Waals surface area contributed by atoms with Crippen LogP contribution in [0.3, 0.4) is 0 Å². The van der Waals surface area contributed by atoms with Crippen molar-refractivity contribution in [2.75, 3.05) is 13.2 Å². The molecular formula is C14H26O4. The summed E-state index contributed by atoms with van der Waals surface area (Å²) in [6, 6.07) is 0. The summed E-state index contributed by atoms with van der Waals surface area (Å²) in [5, 5.41) is 0. The van der Waals surface area contributed by atoms with E-state index in [9.17, 15) is 9.59 Å². The summed E-state index contributed by atoms with van der Waals surface area (Å²) in [4.78, 5) is 22.1. The highest BCUT2D eigenvalue weighted by Crippen LogP contribution is 2.20. The molecule has 106 valence electrons. The Morgan fingerprint density at radius 2 is 1.56 bits per heavy atom. The average molecular weight is 258 g/mol. The van der Waals surface area contributed by atoms with Gasteiger partial charge in [-0.2, -0.15) is 0 Å². The second-order valence-corrected chi connectivity index (χ2v) is 4.67. The molecule has 0 aromatic carbocycles. The van der Waals surface area contributed by atoms with E-state index in [0.29, 0.717) is 12.5 Å². The summed E-state index contributed by atoms with van der Waals surface area (Å²) >= 11 is 0. The molecule has 0 N–H and O–H groups in total. The second-order valence-electron chi connectivity index (χ2n) is 4.67. The molecular weight excluding hydrogens is 232 g/mol. The fraction of sp³-hybridized carbons (Fsp3) is 0.857. The van der Waals surface area contributed by atoms with Crippen LogP contribution in [0.15, 0.2) is 0 Å². The largest absolute Gasteiger partial charge is 0.458 e. The highest BCUT2D eigenvalue weighted by molar-refractivity contribution is 6.29. The van der Waals surface area contributed by atoms with Gasteiger partial charge in [0.1, 0.15) is 0 Å². The molecule has 0 heterocycles. The smallest absolute Gasteiger partial charge is 0.417 e. The third-order valence-corrected chi connectivity index (χ3v) is 3.18. The third kappa shape index (κ3) is 7.30. The topological polar surface area (TPSA) is 52.6 Å². The standard InChI is InChI=1S/C14H26O4/c1-5-12(6-2)10-11(4)8-9-18-14(16)13(15)17-7-3/h11-12H,5-10H2,1-4H3. The summed E-state index contributed by atoms with van der Waals surface area (Å²) in [6.45, 7) is 8.68. The van der Waals surface area contributed by atoms with Crippen LogP contribution in [0, 0.1) is 11.8 Å². The second kappa shape index (κ2) is 9.92. The normalized spacial score (nSPS) is 12.3. The van der Waals surface area contributed by atoms with Crippen LogP contribution in [0.2, 0.25) is 0 Å². The van der Waals surface area contributed by atoms with Gasteiger partial charge >= 0.3 is 11.9 Å². The molecule has 18 heavy (non-hydrogen) atoms. The van der Waals surface area contributed by atoms with Crippen LogP contribution in [0.5, 0.6) is 0 Å². The lowest BCUT2D eigenvalue weighted by molar-refractivity contribution is -0.167. The van der Waals surface area contributed by atoms with Crippen molar-refractivity contribution in [2.45, 2.75) is 53.4 Å². The molecule has 4 heteroatoms. The molecule has 4 nitrogen and oxygen atoms in total. The molecule has 0 spiro atoms. The van der Waals surface area contributed by atoms with Crippen LogP contribution in [0.1, 0.15) is 53.4 Å². The number of hydrogen-bond donors (Lipinski definition) is 0. The Morgan fingerprint density at radius 3 is 2.06 bits per heavy atom. The highest BCUT2D eigenvalue weighted by Gasteiger charge is 2.17. The Bertz CT molecular complexity index is 246. The van der Waals surface area contributed by atoms with Gasteiger partial charge < -0.3 is 9.47 Å². The van der Waals surface area contributed by atoms with Crippen LogP contribution in [0.25, 0.3) is 0 Å². The Kier molecular flexibility index (Phi) is 9.33. The van der Waals surface area contributed by atoms with E-state index >= 15 is 0 Å². The zero-order valence-corrected chi connectivity index (χ0v) is 12.0. The molecule has 0 amide bonds. The van der Waals surface area contributed by atoms with Gasteiger partial charge in [-0.1, -0.05) is 33.6 Å². The zero-order chi connectivity index (χ0) is 14.0. The molecule has 0 fully saturated rings. The first-order valence-corrected chi connectivity index (χ1v) is 6.88. The van der Waals surface area contributed by atoms with E-state index in [4.69, 9.17) is 4.74 Å². The number of rotatable bonds is 8. The molecule has 1 unspecified atom stereocenters. The fourth-order valence-electron chi connectivity index (χ4n) is 1.91. The van der Waals surface area contributed by atoms with Gasteiger partial charge in [0, 0.05) is 0 Å². The van der Waals surface area contributed by atoms with E-state index < -0.39 is 11.9 Å². The van der Waals surface area contributed by atoms with Crippen molar-refractivity contribution in [2.24, 2.45) is 11.8 Å². The van der Waals surface area contributed by atoms with E-state index in [0.717, 1.165) is 18.8 Å². The van der Waals surface area contributed by atoms with Gasteiger partial charge in [-0.3, -0.25) is 0 Å². The molecule has 0 saturated carbocycles. The number of carbonyl (C=O) groups is 2. The van der Waals surface area contributed by atoms with Crippen molar-refractivity contribution < 1.29 is 19.1 Å². The van der Waals surface area contributed by atoms with Gasteiger partial charge in [-0.05, 0) is 31.6 Å². The first-order valence-electron chi connectivity index (χ1n) is 6.88. The molecule has 0 rings (SSSR count). The maximum atomic E-state index is 11.2. The summed E-state index contributed by atoms with van der Waals surface area (Å²) < 4.78 is 9.41. The molecule has 0 aromatic heterocycles. The molecule has 0 aliphatic heterocycles. The third-order valence-electron chi connectivity index (χ3n) is 3.18. The number of hydrogen-bond acceptors (Lipinski definition) is 4. The summed E-state index contributed by atoms with van der Waals surface area (Å²) in [7, 11) is 0. The lowest BCUT2D eigenvalue weighted by Crippen LogP contribution is -2.21. The molecule has 0 aliphatic carbocycles. The Morgan fingerprint density at radius 1 is 1.00 bits per heavy atom. The molecule has 0 aliphatic rings. The summed E-state index contributed by atoms with van der Waals surface area (Å²) in [5.74, 6) is -0.539. The zero-order valence-electron chi connectivity index (χ0n) is 12.0. The van der Waals surface area contributed by atoms with Crippen molar-refractivity contribution in [1.29, 1.82) is 0 Å². The van der Waals surface area contributed by atoms with Gasteiger partial charge in [0.15, 0.2) is 0 Å². The maximum absolute atomic E-state index is 11.2. The minimum Gasteiger partial charge on any atom is -0.458 e. The Hall–Kier alpha value is -1.06. The SMILES string of the molecule is CCOC(=O)C(=O)OCCC(C)CC(CC)CC. The highest BCUT2D eigenvalue weighted by atomic mass is 16.6. The van der Waals surface area contributed by atoms with Crippen molar-refractivity contribution >= 4 is 11.9 Å². The number of carbonyl (C=O) groups excluding carboxylic acids is 2. The lowest BCUT2D eigenvalue weighted by Gasteiger charge is -2.17. The monoisotopic (exact) mass is 258 g/mol. The van der Waals surface area contributed by atoms with Crippen LogP contribution in [-0.2, 0) is 19.1 Å². The van der Waals surface area contributed by atoms with Gasteiger partial charge in [-0.15, -0.1) is 0 Å². The van der Waals surface area contributed by atoms with E-state index in [2.05, 4.69) is 25.5 Å². The Balaban J connectivity index is 3.76. The average Bonchev–Trinajstić information content (AvgIpc) is 2.36. The maximum Gasteiger partial charge on any atom is 0.417 e.